The highest BCUT2D eigenvalue weighted by atomic mass is 16.5. The number of carbonyl (C=O) groups excluding carboxylic acids is 4. The Labute approximate surface area is 174 Å². The molecule has 1 aromatic carbocycles. The van der Waals surface area contributed by atoms with Crippen LogP contribution in [0.15, 0.2) is 24.3 Å². The molecule has 3 amide bonds. The first-order valence-corrected chi connectivity index (χ1v) is 9.31. The normalized spacial score (nSPS) is 13.5. The molecule has 4 N–H and O–H groups in total. The third-order valence-corrected chi connectivity index (χ3v) is 4.23. The van der Waals surface area contributed by atoms with E-state index in [0.29, 0.717) is 17.6 Å². The number of hydrogen-bond acceptors (Lipinski definition) is 6. The number of nitrogens with one attached hydrogen (secondary N) is 3. The molecule has 0 spiro atoms. The molecule has 0 aliphatic heterocycles. The Morgan fingerprint density at radius 2 is 1.60 bits per heavy atom. The second-order valence-corrected chi connectivity index (χ2v) is 7.00. The fourth-order valence-corrected chi connectivity index (χ4v) is 2.50. The predicted molar refractivity (Wildman–Crippen MR) is 107 cm³/mol. The third kappa shape index (κ3) is 7.53. The van der Waals surface area contributed by atoms with Crippen LogP contribution in [-0.2, 0) is 19.2 Å². The summed E-state index contributed by atoms with van der Waals surface area (Å²) in [6.45, 7) is 4.86. The van der Waals surface area contributed by atoms with Gasteiger partial charge < -0.3 is 30.6 Å². The molecule has 0 bridgehead atoms. The molecule has 1 rings (SSSR count). The SMILES string of the molecule is COc1ccc(C(=O)N[C@H](C(=O)N[C@@H](C)C(=O)N[C@H](C=O)CC(=O)O)C(C)C)cc1. The lowest BCUT2D eigenvalue weighted by molar-refractivity contribution is -0.139. The van der Waals surface area contributed by atoms with Crippen molar-refractivity contribution < 1.29 is 33.8 Å². The number of ether oxygens (including phenoxy) is 1. The lowest BCUT2D eigenvalue weighted by Crippen LogP contribution is -2.55. The molecular weight excluding hydrogens is 394 g/mol. The van der Waals surface area contributed by atoms with Gasteiger partial charge in [0.15, 0.2) is 0 Å². The van der Waals surface area contributed by atoms with Crippen molar-refractivity contribution in [3.63, 3.8) is 0 Å². The molecule has 164 valence electrons. The van der Waals surface area contributed by atoms with Gasteiger partial charge in [-0.15, -0.1) is 0 Å². The van der Waals surface area contributed by atoms with Gasteiger partial charge in [-0.3, -0.25) is 19.2 Å². The van der Waals surface area contributed by atoms with Gasteiger partial charge in [-0.05, 0) is 37.1 Å². The van der Waals surface area contributed by atoms with E-state index in [2.05, 4.69) is 16.0 Å². The lowest BCUT2D eigenvalue weighted by Gasteiger charge is -2.24. The third-order valence-electron chi connectivity index (χ3n) is 4.23. The summed E-state index contributed by atoms with van der Waals surface area (Å²) in [6.07, 6.45) is -0.255. The van der Waals surface area contributed by atoms with E-state index in [9.17, 15) is 24.0 Å². The summed E-state index contributed by atoms with van der Waals surface area (Å²) in [7, 11) is 1.50. The molecule has 0 unspecified atom stereocenters. The Balaban J connectivity index is 2.75. The van der Waals surface area contributed by atoms with Crippen LogP contribution in [0.2, 0.25) is 0 Å². The maximum Gasteiger partial charge on any atom is 0.305 e. The zero-order chi connectivity index (χ0) is 22.8. The first kappa shape index (κ1) is 24.6. The number of aldehydes is 1. The van der Waals surface area contributed by atoms with Gasteiger partial charge in [0, 0.05) is 5.56 Å². The molecule has 0 aromatic heterocycles. The van der Waals surface area contributed by atoms with Crippen molar-refractivity contribution in [1.82, 2.24) is 16.0 Å². The second kappa shape index (κ2) is 11.5. The quantitative estimate of drug-likeness (QED) is 0.370. The van der Waals surface area contributed by atoms with Crippen LogP contribution >= 0.6 is 0 Å². The minimum atomic E-state index is -1.25. The molecule has 1 aromatic rings. The maximum absolute atomic E-state index is 12.6. The highest BCUT2D eigenvalue weighted by molar-refractivity contribution is 5.98. The van der Waals surface area contributed by atoms with Crippen LogP contribution in [0, 0.1) is 5.92 Å². The predicted octanol–water partition coefficient (Wildman–Crippen LogP) is 0.113. The highest BCUT2D eigenvalue weighted by Gasteiger charge is 2.28. The summed E-state index contributed by atoms with van der Waals surface area (Å²) in [5.74, 6) is -2.71. The lowest BCUT2D eigenvalue weighted by atomic mass is 10.0. The molecule has 10 heteroatoms. The Hall–Kier alpha value is -3.43. The monoisotopic (exact) mass is 421 g/mol. The number of carbonyl (C=O) groups is 5. The summed E-state index contributed by atoms with van der Waals surface area (Å²) >= 11 is 0. The van der Waals surface area contributed by atoms with Gasteiger partial charge in [0.2, 0.25) is 11.8 Å². The number of rotatable bonds is 11. The Bertz CT molecular complexity index is 777. The second-order valence-electron chi connectivity index (χ2n) is 7.00. The van der Waals surface area contributed by atoms with Crippen LogP contribution in [0.5, 0.6) is 5.75 Å². The summed E-state index contributed by atoms with van der Waals surface area (Å²) in [5, 5.41) is 16.1. The molecule has 0 fully saturated rings. The largest absolute Gasteiger partial charge is 0.497 e. The maximum atomic E-state index is 12.6. The van der Waals surface area contributed by atoms with Gasteiger partial charge in [0.25, 0.3) is 5.91 Å². The zero-order valence-corrected chi connectivity index (χ0v) is 17.3. The van der Waals surface area contributed by atoms with Gasteiger partial charge >= 0.3 is 5.97 Å². The van der Waals surface area contributed by atoms with Crippen LogP contribution in [0.3, 0.4) is 0 Å². The van der Waals surface area contributed by atoms with Gasteiger partial charge in [-0.2, -0.15) is 0 Å². The van der Waals surface area contributed by atoms with Gasteiger partial charge in [0.1, 0.15) is 24.1 Å². The van der Waals surface area contributed by atoms with E-state index >= 15 is 0 Å². The zero-order valence-electron chi connectivity index (χ0n) is 17.3. The van der Waals surface area contributed by atoms with E-state index in [1.165, 1.54) is 14.0 Å². The molecule has 0 radical (unpaired) electrons. The van der Waals surface area contributed by atoms with Crippen LogP contribution < -0.4 is 20.7 Å². The van der Waals surface area contributed by atoms with E-state index < -0.39 is 48.2 Å². The fourth-order valence-electron chi connectivity index (χ4n) is 2.50. The van der Waals surface area contributed by atoms with Crippen molar-refractivity contribution in [2.75, 3.05) is 7.11 Å². The van der Waals surface area contributed by atoms with Crippen LogP contribution in [0.25, 0.3) is 0 Å². The Morgan fingerprint density at radius 1 is 1.00 bits per heavy atom. The van der Waals surface area contributed by atoms with Crippen molar-refractivity contribution >= 4 is 30.0 Å². The van der Waals surface area contributed by atoms with Crippen molar-refractivity contribution in [3.8, 4) is 5.75 Å². The summed E-state index contributed by atoms with van der Waals surface area (Å²) in [4.78, 5) is 58.8. The molecule has 0 heterocycles. The van der Waals surface area contributed by atoms with Crippen LogP contribution in [0.4, 0.5) is 0 Å². The van der Waals surface area contributed by atoms with Gasteiger partial charge in [0.05, 0.1) is 19.6 Å². The van der Waals surface area contributed by atoms with Crippen molar-refractivity contribution in [2.24, 2.45) is 5.92 Å². The Kier molecular flexibility index (Phi) is 9.47. The van der Waals surface area contributed by atoms with Crippen molar-refractivity contribution in [2.45, 2.75) is 45.3 Å². The van der Waals surface area contributed by atoms with E-state index in [4.69, 9.17) is 9.84 Å². The van der Waals surface area contributed by atoms with E-state index in [0.717, 1.165) is 0 Å². The first-order chi connectivity index (χ1) is 14.1. The number of hydrogen-bond donors (Lipinski definition) is 4. The number of aliphatic carboxylic acids is 1. The van der Waals surface area contributed by atoms with E-state index in [1.807, 2.05) is 0 Å². The highest BCUT2D eigenvalue weighted by Crippen LogP contribution is 2.12. The summed E-state index contributed by atoms with van der Waals surface area (Å²) in [6, 6.07) is 3.18. The van der Waals surface area contributed by atoms with E-state index in [-0.39, 0.29) is 5.92 Å². The molecule has 30 heavy (non-hydrogen) atoms. The fraction of sp³-hybridized carbons (Fsp3) is 0.450. The minimum Gasteiger partial charge on any atom is -0.497 e. The van der Waals surface area contributed by atoms with Crippen molar-refractivity contribution in [1.29, 1.82) is 0 Å². The standard InChI is InChI=1S/C20H27N3O7/c1-11(2)17(23-19(28)13-5-7-15(30-4)8-6-13)20(29)21-12(3)18(27)22-14(10-24)9-16(25)26/h5-8,10-12,14,17H,9H2,1-4H3,(H,21,29)(H,22,27)(H,23,28)(H,25,26)/t12-,14-,17-/m0/s1. The molecule has 0 saturated carbocycles. The summed E-state index contributed by atoms with van der Waals surface area (Å²) in [5.41, 5.74) is 0.336. The molecule has 0 saturated heterocycles. The molecule has 0 aliphatic carbocycles. The number of benzene rings is 1. The molecule has 10 nitrogen and oxygen atoms in total. The number of carboxylic acid groups (broad SMARTS) is 1. The average molecular weight is 421 g/mol. The minimum absolute atomic E-state index is 0.280. The number of carboxylic acids is 1. The van der Waals surface area contributed by atoms with Crippen LogP contribution in [-0.4, -0.2) is 60.3 Å². The van der Waals surface area contributed by atoms with Crippen molar-refractivity contribution in [3.05, 3.63) is 29.8 Å². The van der Waals surface area contributed by atoms with Gasteiger partial charge in [-0.25, -0.2) is 0 Å². The topological polar surface area (TPSA) is 151 Å². The van der Waals surface area contributed by atoms with E-state index in [1.54, 1.807) is 38.1 Å². The average Bonchev–Trinajstić information content (AvgIpc) is 2.70. The first-order valence-electron chi connectivity index (χ1n) is 9.31. The number of amides is 3. The van der Waals surface area contributed by atoms with Crippen LogP contribution in [0.1, 0.15) is 37.6 Å². The van der Waals surface area contributed by atoms with Gasteiger partial charge in [-0.1, -0.05) is 13.8 Å². The summed E-state index contributed by atoms with van der Waals surface area (Å²) < 4.78 is 5.04. The smallest absolute Gasteiger partial charge is 0.305 e. The molecule has 3 atom stereocenters. The molecule has 0 aliphatic rings. The Morgan fingerprint density at radius 3 is 2.07 bits per heavy atom. The number of methoxy groups -OCH3 is 1. The molecular formula is C20H27N3O7.